The molecule has 0 fully saturated rings. The third-order valence-corrected chi connectivity index (χ3v) is 3.08. The number of nitrogens with one attached hydrogen (secondary N) is 1. The first kappa shape index (κ1) is 14.6. The topological polar surface area (TPSA) is 72.9 Å². The lowest BCUT2D eigenvalue weighted by atomic mass is 10.1. The monoisotopic (exact) mass is 344 g/mol. The Morgan fingerprint density at radius 3 is 2.55 bits per heavy atom. The van der Waals surface area contributed by atoms with Crippen molar-refractivity contribution in [2.24, 2.45) is 12.8 Å². The highest BCUT2D eigenvalue weighted by Crippen LogP contribution is 2.24. The van der Waals surface area contributed by atoms with E-state index in [0.29, 0.717) is 5.56 Å². The first-order valence-electron chi connectivity index (χ1n) is 5.58. The van der Waals surface area contributed by atoms with E-state index in [4.69, 9.17) is 5.73 Å². The van der Waals surface area contributed by atoms with E-state index in [1.54, 1.807) is 13.2 Å². The molecule has 1 unspecified atom stereocenters. The van der Waals surface area contributed by atoms with Crippen molar-refractivity contribution >= 4 is 27.5 Å². The van der Waals surface area contributed by atoms with Crippen molar-refractivity contribution in [1.82, 2.24) is 9.78 Å². The minimum Gasteiger partial charge on any atom is -0.320 e. The van der Waals surface area contributed by atoms with Gasteiger partial charge >= 0.3 is 0 Å². The Balaban J connectivity index is 2.20. The molecule has 106 valence electrons. The van der Waals surface area contributed by atoms with Gasteiger partial charge in [-0.1, -0.05) is 15.9 Å². The van der Waals surface area contributed by atoms with Crippen LogP contribution in [0.1, 0.15) is 11.6 Å². The minimum atomic E-state index is -1.06. The molecule has 1 aromatic carbocycles. The smallest absolute Gasteiger partial charge is 0.246 e. The Labute approximate surface area is 121 Å². The molecule has 0 saturated heterocycles. The molecule has 5 nitrogen and oxygen atoms in total. The van der Waals surface area contributed by atoms with Crippen molar-refractivity contribution in [3.63, 3.8) is 0 Å². The average Bonchev–Trinajstić information content (AvgIpc) is 2.79. The van der Waals surface area contributed by atoms with Crippen molar-refractivity contribution in [3.8, 4) is 0 Å². The Hall–Kier alpha value is -1.80. The lowest BCUT2D eigenvalue weighted by Gasteiger charge is -2.12. The van der Waals surface area contributed by atoms with Gasteiger partial charge in [0.05, 0.1) is 6.20 Å². The van der Waals surface area contributed by atoms with Crippen LogP contribution in [0, 0.1) is 11.6 Å². The second-order valence-corrected chi connectivity index (χ2v) is 5.07. The molecule has 0 aliphatic carbocycles. The molecule has 2 aromatic rings. The van der Waals surface area contributed by atoms with Crippen molar-refractivity contribution < 1.29 is 13.6 Å². The predicted octanol–water partition coefficient (Wildman–Crippen LogP) is 2.10. The summed E-state index contributed by atoms with van der Waals surface area (Å²) in [6, 6.07) is 1.04. The Bertz CT molecular complexity index is 636. The summed E-state index contributed by atoms with van der Waals surface area (Å²) in [5, 5.41) is 6.02. The largest absolute Gasteiger partial charge is 0.320 e. The number of hydrogen-bond acceptors (Lipinski definition) is 3. The van der Waals surface area contributed by atoms with Gasteiger partial charge < -0.3 is 11.1 Å². The molecule has 1 atom stereocenters. The maximum atomic E-state index is 13.6. The molecule has 1 aromatic heterocycles. The van der Waals surface area contributed by atoms with E-state index in [9.17, 15) is 13.6 Å². The van der Waals surface area contributed by atoms with Crippen LogP contribution in [0.15, 0.2) is 29.0 Å². The molecule has 1 amide bonds. The van der Waals surface area contributed by atoms with Crippen LogP contribution in [-0.2, 0) is 11.8 Å². The van der Waals surface area contributed by atoms with E-state index >= 15 is 0 Å². The van der Waals surface area contributed by atoms with Crippen LogP contribution in [0.5, 0.6) is 0 Å². The number of anilines is 1. The van der Waals surface area contributed by atoms with Crippen molar-refractivity contribution in [2.75, 3.05) is 5.32 Å². The van der Waals surface area contributed by atoms with Crippen LogP contribution in [0.2, 0.25) is 0 Å². The first-order valence-corrected chi connectivity index (χ1v) is 6.37. The van der Waals surface area contributed by atoms with Gasteiger partial charge in [0.25, 0.3) is 0 Å². The number of carbonyl (C=O) groups excluding carboxylic acids is 1. The van der Waals surface area contributed by atoms with Gasteiger partial charge in [-0.2, -0.15) is 5.10 Å². The van der Waals surface area contributed by atoms with Crippen LogP contribution in [0.25, 0.3) is 0 Å². The number of nitrogens with two attached hydrogens (primary N) is 1. The van der Waals surface area contributed by atoms with E-state index in [-0.39, 0.29) is 4.47 Å². The normalized spacial score (nSPS) is 12.2. The molecule has 0 aliphatic heterocycles. The zero-order chi connectivity index (χ0) is 14.9. The number of aryl methyl sites for hydroxylation is 1. The number of nitrogens with zero attached hydrogens (tertiary/aromatic N) is 2. The standard InChI is InChI=1S/C12H11BrF2N4O/c1-19-5-6(4-17-19)10(16)12(20)18-11-8(14)2-7(13)3-9(11)15/h2-5,10H,16H2,1H3,(H,18,20). The summed E-state index contributed by atoms with van der Waals surface area (Å²) >= 11 is 2.95. The number of aromatic nitrogens is 2. The van der Waals surface area contributed by atoms with Crippen LogP contribution in [0.4, 0.5) is 14.5 Å². The molecule has 0 bridgehead atoms. The number of carbonyl (C=O) groups is 1. The highest BCUT2D eigenvalue weighted by Gasteiger charge is 2.20. The van der Waals surface area contributed by atoms with E-state index < -0.39 is 29.3 Å². The van der Waals surface area contributed by atoms with Crippen molar-refractivity contribution in [1.29, 1.82) is 0 Å². The van der Waals surface area contributed by atoms with Gasteiger partial charge in [-0.3, -0.25) is 9.48 Å². The lowest BCUT2D eigenvalue weighted by Crippen LogP contribution is -2.28. The van der Waals surface area contributed by atoms with Gasteiger partial charge in [-0.05, 0) is 12.1 Å². The van der Waals surface area contributed by atoms with Crippen LogP contribution >= 0.6 is 15.9 Å². The summed E-state index contributed by atoms with van der Waals surface area (Å²) < 4.78 is 28.9. The molecule has 1 heterocycles. The second kappa shape index (κ2) is 5.68. The van der Waals surface area contributed by atoms with Gasteiger partial charge in [-0.25, -0.2) is 8.78 Å². The summed E-state index contributed by atoms with van der Waals surface area (Å²) in [6.07, 6.45) is 2.97. The summed E-state index contributed by atoms with van der Waals surface area (Å²) in [6.45, 7) is 0. The van der Waals surface area contributed by atoms with Crippen LogP contribution in [0.3, 0.4) is 0 Å². The summed E-state index contributed by atoms with van der Waals surface area (Å²) in [4.78, 5) is 11.9. The van der Waals surface area contributed by atoms with Crippen LogP contribution < -0.4 is 11.1 Å². The van der Waals surface area contributed by atoms with E-state index in [1.807, 2.05) is 0 Å². The Kier molecular flexibility index (Phi) is 4.15. The number of halogens is 3. The highest BCUT2D eigenvalue weighted by molar-refractivity contribution is 9.10. The Morgan fingerprint density at radius 2 is 2.05 bits per heavy atom. The van der Waals surface area contributed by atoms with Gasteiger partial charge in [-0.15, -0.1) is 0 Å². The molecule has 0 spiro atoms. The predicted molar refractivity (Wildman–Crippen MR) is 72.8 cm³/mol. The van der Waals surface area contributed by atoms with Crippen LogP contribution in [-0.4, -0.2) is 15.7 Å². The first-order chi connectivity index (χ1) is 9.38. The number of hydrogen-bond donors (Lipinski definition) is 2. The quantitative estimate of drug-likeness (QED) is 0.895. The second-order valence-electron chi connectivity index (χ2n) is 4.16. The van der Waals surface area contributed by atoms with Gasteiger partial charge in [0.2, 0.25) is 5.91 Å². The molecule has 8 heteroatoms. The summed E-state index contributed by atoms with van der Waals surface area (Å²) in [7, 11) is 1.67. The van der Waals surface area contributed by atoms with Crippen molar-refractivity contribution in [3.05, 3.63) is 46.2 Å². The third kappa shape index (κ3) is 3.02. The highest BCUT2D eigenvalue weighted by atomic mass is 79.9. The third-order valence-electron chi connectivity index (χ3n) is 2.62. The number of benzene rings is 1. The summed E-state index contributed by atoms with van der Waals surface area (Å²) in [5.74, 6) is -2.50. The van der Waals surface area contributed by atoms with Gasteiger partial charge in [0.1, 0.15) is 11.7 Å². The zero-order valence-electron chi connectivity index (χ0n) is 10.4. The molecular formula is C12H11BrF2N4O. The molecule has 20 heavy (non-hydrogen) atoms. The molecular weight excluding hydrogens is 334 g/mol. The maximum absolute atomic E-state index is 13.6. The number of rotatable bonds is 3. The fraction of sp³-hybridized carbons (Fsp3) is 0.167. The molecule has 2 rings (SSSR count). The van der Waals surface area contributed by atoms with Crippen molar-refractivity contribution in [2.45, 2.75) is 6.04 Å². The molecule has 0 aliphatic rings. The zero-order valence-corrected chi connectivity index (χ0v) is 12.0. The maximum Gasteiger partial charge on any atom is 0.246 e. The number of amides is 1. The fourth-order valence-electron chi connectivity index (χ4n) is 1.61. The SMILES string of the molecule is Cn1cc(C(N)C(=O)Nc2c(F)cc(Br)cc2F)cn1. The van der Waals surface area contributed by atoms with E-state index in [2.05, 4.69) is 26.3 Å². The lowest BCUT2D eigenvalue weighted by molar-refractivity contribution is -0.117. The van der Waals surface area contributed by atoms with Gasteiger partial charge in [0.15, 0.2) is 11.6 Å². The molecule has 0 radical (unpaired) electrons. The van der Waals surface area contributed by atoms with E-state index in [1.165, 1.54) is 10.9 Å². The van der Waals surface area contributed by atoms with Gasteiger partial charge in [0, 0.05) is 23.3 Å². The Morgan fingerprint density at radius 1 is 1.45 bits per heavy atom. The molecule has 3 N–H and O–H groups in total. The average molecular weight is 345 g/mol. The van der Waals surface area contributed by atoms with E-state index in [0.717, 1.165) is 12.1 Å². The fourth-order valence-corrected chi connectivity index (χ4v) is 2.02. The molecule has 0 saturated carbocycles. The minimum absolute atomic E-state index is 0.238. The summed E-state index contributed by atoms with van der Waals surface area (Å²) in [5.41, 5.74) is 5.63.